The molecule has 2 amide bonds. The highest BCUT2D eigenvalue weighted by Gasteiger charge is 2.29. The van der Waals surface area contributed by atoms with Gasteiger partial charge in [-0.05, 0) is 44.0 Å². The molecule has 0 unspecified atom stereocenters. The fourth-order valence-electron chi connectivity index (χ4n) is 2.38. The number of hydrogen-bond acceptors (Lipinski definition) is 2. The van der Waals surface area contributed by atoms with Gasteiger partial charge in [0.25, 0.3) is 5.91 Å². The van der Waals surface area contributed by atoms with Crippen LogP contribution in [-0.4, -0.2) is 18.4 Å². The number of anilines is 1. The lowest BCUT2D eigenvalue weighted by atomic mass is 9.83. The lowest BCUT2D eigenvalue weighted by Gasteiger charge is -2.24. The smallest absolute Gasteiger partial charge is 0.252 e. The molecule has 0 atom stereocenters. The van der Waals surface area contributed by atoms with Gasteiger partial charge in [-0.3, -0.25) is 9.59 Å². The second-order valence-corrected chi connectivity index (χ2v) is 6.80. The van der Waals surface area contributed by atoms with E-state index in [0.29, 0.717) is 22.8 Å². The van der Waals surface area contributed by atoms with E-state index in [1.807, 2.05) is 51.1 Å². The molecule has 0 aliphatic heterocycles. The summed E-state index contributed by atoms with van der Waals surface area (Å²) in [4.78, 5) is 24.7. The van der Waals surface area contributed by atoms with Crippen LogP contribution in [0.5, 0.6) is 0 Å². The van der Waals surface area contributed by atoms with Crippen molar-refractivity contribution in [3.63, 3.8) is 0 Å². The van der Waals surface area contributed by atoms with Gasteiger partial charge in [0.05, 0.1) is 16.0 Å². The van der Waals surface area contributed by atoms with Gasteiger partial charge >= 0.3 is 0 Å². The zero-order valence-electron chi connectivity index (χ0n) is 14.7. The number of carbonyl (C=O) groups is 2. The van der Waals surface area contributed by atoms with E-state index in [4.69, 9.17) is 11.6 Å². The molecule has 5 heteroatoms. The van der Waals surface area contributed by atoms with Crippen molar-refractivity contribution in [1.29, 1.82) is 0 Å². The van der Waals surface area contributed by atoms with Crippen LogP contribution in [0.15, 0.2) is 48.5 Å². The summed E-state index contributed by atoms with van der Waals surface area (Å²) in [6, 6.07) is 14.5. The number of hydrogen-bond donors (Lipinski definition) is 2. The lowest BCUT2D eigenvalue weighted by Crippen LogP contribution is -2.34. The maximum Gasteiger partial charge on any atom is 0.252 e. The van der Waals surface area contributed by atoms with Gasteiger partial charge in [-0.25, -0.2) is 0 Å². The van der Waals surface area contributed by atoms with E-state index < -0.39 is 5.41 Å². The SMILES string of the molecule is CCCNC(=O)c1ccc(NC(=O)C(C)(C)c2ccccc2)cc1Cl. The third-order valence-electron chi connectivity index (χ3n) is 4.07. The second-order valence-electron chi connectivity index (χ2n) is 6.40. The number of nitrogens with one attached hydrogen (secondary N) is 2. The largest absolute Gasteiger partial charge is 0.352 e. The Morgan fingerprint density at radius 2 is 1.76 bits per heavy atom. The number of amides is 2. The Balaban J connectivity index is 2.14. The summed E-state index contributed by atoms with van der Waals surface area (Å²) in [6.07, 6.45) is 0.853. The van der Waals surface area contributed by atoms with Crippen molar-refractivity contribution >= 4 is 29.1 Å². The maximum atomic E-state index is 12.7. The van der Waals surface area contributed by atoms with E-state index in [1.165, 1.54) is 0 Å². The molecule has 4 nitrogen and oxygen atoms in total. The molecule has 0 aromatic heterocycles. The Labute approximate surface area is 153 Å². The molecule has 0 heterocycles. The van der Waals surface area contributed by atoms with E-state index in [0.717, 1.165) is 12.0 Å². The molecule has 2 rings (SSSR count). The monoisotopic (exact) mass is 358 g/mol. The number of carbonyl (C=O) groups excluding carboxylic acids is 2. The van der Waals surface area contributed by atoms with Crippen LogP contribution in [0, 0.1) is 0 Å². The minimum Gasteiger partial charge on any atom is -0.352 e. The summed E-state index contributed by atoms with van der Waals surface area (Å²) in [5.41, 5.74) is 1.20. The fraction of sp³-hybridized carbons (Fsp3) is 0.300. The standard InChI is InChI=1S/C20H23ClN2O2/c1-4-12-22-18(24)16-11-10-15(13-17(16)21)23-19(25)20(2,3)14-8-6-5-7-9-14/h5-11,13H,4,12H2,1-3H3,(H,22,24)(H,23,25). The summed E-state index contributed by atoms with van der Waals surface area (Å²) < 4.78 is 0. The Morgan fingerprint density at radius 1 is 1.08 bits per heavy atom. The van der Waals surface area contributed by atoms with Crippen LogP contribution in [0.4, 0.5) is 5.69 Å². The highest BCUT2D eigenvalue weighted by atomic mass is 35.5. The van der Waals surface area contributed by atoms with Crippen molar-refractivity contribution in [3.8, 4) is 0 Å². The van der Waals surface area contributed by atoms with Crippen LogP contribution in [0.1, 0.15) is 43.1 Å². The first-order valence-electron chi connectivity index (χ1n) is 8.31. The summed E-state index contributed by atoms with van der Waals surface area (Å²) >= 11 is 6.21. The predicted octanol–water partition coefficient (Wildman–Crippen LogP) is 4.40. The van der Waals surface area contributed by atoms with Gasteiger partial charge in [0.1, 0.15) is 0 Å². The first-order chi connectivity index (χ1) is 11.9. The molecular weight excluding hydrogens is 336 g/mol. The summed E-state index contributed by atoms with van der Waals surface area (Å²) in [6.45, 7) is 6.31. The minimum absolute atomic E-state index is 0.141. The molecule has 0 aliphatic carbocycles. The highest BCUT2D eigenvalue weighted by Crippen LogP contribution is 2.26. The van der Waals surface area contributed by atoms with Gasteiger partial charge in [0.2, 0.25) is 5.91 Å². The molecular formula is C20H23ClN2O2. The summed E-state index contributed by atoms with van der Waals surface area (Å²) in [7, 11) is 0. The van der Waals surface area contributed by atoms with Crippen LogP contribution in [0.2, 0.25) is 5.02 Å². The predicted molar refractivity (Wildman–Crippen MR) is 102 cm³/mol. The van der Waals surface area contributed by atoms with Crippen LogP contribution >= 0.6 is 11.6 Å². The Hall–Kier alpha value is -2.33. The average Bonchev–Trinajstić information content (AvgIpc) is 2.60. The van der Waals surface area contributed by atoms with Gasteiger partial charge < -0.3 is 10.6 Å². The number of rotatable bonds is 6. The maximum absolute atomic E-state index is 12.7. The number of benzene rings is 2. The van der Waals surface area contributed by atoms with Crippen molar-refractivity contribution in [1.82, 2.24) is 5.32 Å². The van der Waals surface area contributed by atoms with E-state index in [9.17, 15) is 9.59 Å². The molecule has 0 saturated carbocycles. The van der Waals surface area contributed by atoms with Crippen molar-refractivity contribution in [2.75, 3.05) is 11.9 Å². The summed E-state index contributed by atoms with van der Waals surface area (Å²) in [5, 5.41) is 5.97. The van der Waals surface area contributed by atoms with Crippen LogP contribution in [0.25, 0.3) is 0 Å². The molecule has 0 bridgehead atoms. The quantitative estimate of drug-likeness (QED) is 0.804. The molecule has 25 heavy (non-hydrogen) atoms. The first-order valence-corrected chi connectivity index (χ1v) is 8.68. The Kier molecular flexibility index (Phi) is 6.21. The van der Waals surface area contributed by atoms with Crippen molar-refractivity contribution in [2.45, 2.75) is 32.6 Å². The highest BCUT2D eigenvalue weighted by molar-refractivity contribution is 6.34. The van der Waals surface area contributed by atoms with Gasteiger partial charge in [0, 0.05) is 12.2 Å². The second kappa shape index (κ2) is 8.17. The van der Waals surface area contributed by atoms with Crippen LogP contribution < -0.4 is 10.6 Å². The van der Waals surface area contributed by atoms with E-state index >= 15 is 0 Å². The molecule has 2 aromatic rings. The van der Waals surface area contributed by atoms with Crippen molar-refractivity contribution < 1.29 is 9.59 Å². The number of halogens is 1. The van der Waals surface area contributed by atoms with Crippen molar-refractivity contribution in [3.05, 3.63) is 64.7 Å². The third-order valence-corrected chi connectivity index (χ3v) is 4.38. The van der Waals surface area contributed by atoms with Gasteiger partial charge in [0.15, 0.2) is 0 Å². The Bertz CT molecular complexity index is 758. The molecule has 2 aromatic carbocycles. The molecule has 0 fully saturated rings. The van der Waals surface area contributed by atoms with Gasteiger partial charge in [-0.15, -0.1) is 0 Å². The average molecular weight is 359 g/mol. The molecule has 0 saturated heterocycles. The molecule has 0 spiro atoms. The first kappa shape index (κ1) is 19.0. The molecule has 0 aliphatic rings. The lowest BCUT2D eigenvalue weighted by molar-refractivity contribution is -0.120. The topological polar surface area (TPSA) is 58.2 Å². The zero-order valence-corrected chi connectivity index (χ0v) is 15.5. The van der Waals surface area contributed by atoms with Crippen LogP contribution in [0.3, 0.4) is 0 Å². The van der Waals surface area contributed by atoms with E-state index in [2.05, 4.69) is 10.6 Å². The summed E-state index contributed by atoms with van der Waals surface area (Å²) in [5.74, 6) is -0.354. The van der Waals surface area contributed by atoms with Gasteiger partial charge in [-0.2, -0.15) is 0 Å². The normalized spacial score (nSPS) is 11.0. The molecule has 2 N–H and O–H groups in total. The molecule has 132 valence electrons. The van der Waals surface area contributed by atoms with E-state index in [1.54, 1.807) is 18.2 Å². The minimum atomic E-state index is -0.690. The van der Waals surface area contributed by atoms with Gasteiger partial charge in [-0.1, -0.05) is 48.9 Å². The third kappa shape index (κ3) is 4.60. The van der Waals surface area contributed by atoms with E-state index in [-0.39, 0.29) is 11.8 Å². The fourth-order valence-corrected chi connectivity index (χ4v) is 2.65. The Morgan fingerprint density at radius 3 is 2.36 bits per heavy atom. The molecule has 0 radical (unpaired) electrons. The zero-order chi connectivity index (χ0) is 18.4. The van der Waals surface area contributed by atoms with Crippen LogP contribution in [-0.2, 0) is 10.2 Å². The van der Waals surface area contributed by atoms with Crippen molar-refractivity contribution in [2.24, 2.45) is 0 Å².